The van der Waals surface area contributed by atoms with Gasteiger partial charge in [0.2, 0.25) is 0 Å². The summed E-state index contributed by atoms with van der Waals surface area (Å²) in [6, 6.07) is 4.03. The number of nitrogens with two attached hydrogens (primary N) is 1. The average molecular weight is 202 g/mol. The van der Waals surface area contributed by atoms with Crippen molar-refractivity contribution >= 4 is 16.5 Å². The van der Waals surface area contributed by atoms with Gasteiger partial charge >= 0.3 is 0 Å². The number of aryl methyl sites for hydroxylation is 2. The van der Waals surface area contributed by atoms with Gasteiger partial charge in [-0.1, -0.05) is 0 Å². The van der Waals surface area contributed by atoms with Crippen LogP contribution in [-0.2, 0) is 0 Å². The number of rotatable bonds is 1. The molecule has 0 aliphatic rings. The van der Waals surface area contributed by atoms with Crippen LogP contribution in [0.5, 0.6) is 5.75 Å². The minimum atomic E-state index is 0.679. The number of nitrogens with zero attached hydrogens (tertiary/aromatic N) is 1. The van der Waals surface area contributed by atoms with Crippen LogP contribution in [0.1, 0.15) is 11.3 Å². The summed E-state index contributed by atoms with van der Waals surface area (Å²) in [5, 5.41) is 2.10. The number of ether oxygens (including phenoxy) is 1. The van der Waals surface area contributed by atoms with Gasteiger partial charge in [-0.05, 0) is 36.9 Å². The zero-order chi connectivity index (χ0) is 11.0. The number of methoxy groups -OCH3 is 1. The molecule has 0 saturated carbocycles. The van der Waals surface area contributed by atoms with Gasteiger partial charge in [0, 0.05) is 17.3 Å². The summed E-state index contributed by atoms with van der Waals surface area (Å²) < 4.78 is 5.29. The quantitative estimate of drug-likeness (QED) is 0.722. The molecule has 0 saturated heterocycles. The van der Waals surface area contributed by atoms with Crippen LogP contribution in [0.25, 0.3) is 10.8 Å². The summed E-state index contributed by atoms with van der Waals surface area (Å²) >= 11 is 0. The summed E-state index contributed by atoms with van der Waals surface area (Å²) in [6.45, 7) is 3.94. The van der Waals surface area contributed by atoms with Gasteiger partial charge in [-0.3, -0.25) is 4.98 Å². The SMILES string of the molecule is COc1c(C)cc2ccnc(C)c2c1N. The highest BCUT2D eigenvalue weighted by Crippen LogP contribution is 2.34. The summed E-state index contributed by atoms with van der Waals surface area (Å²) in [4.78, 5) is 4.24. The van der Waals surface area contributed by atoms with Crippen LogP contribution in [0, 0.1) is 13.8 Å². The molecule has 0 bridgehead atoms. The fraction of sp³-hybridized carbons (Fsp3) is 0.250. The molecular weight excluding hydrogens is 188 g/mol. The summed E-state index contributed by atoms with van der Waals surface area (Å²) in [7, 11) is 1.64. The van der Waals surface area contributed by atoms with Crippen molar-refractivity contribution in [2.24, 2.45) is 0 Å². The van der Waals surface area contributed by atoms with Gasteiger partial charge in [-0.15, -0.1) is 0 Å². The third-order valence-electron chi connectivity index (χ3n) is 2.62. The monoisotopic (exact) mass is 202 g/mol. The fourth-order valence-corrected chi connectivity index (χ4v) is 1.95. The fourth-order valence-electron chi connectivity index (χ4n) is 1.95. The Balaban J connectivity index is 2.92. The first kappa shape index (κ1) is 9.77. The molecule has 2 rings (SSSR count). The maximum Gasteiger partial charge on any atom is 0.145 e. The molecule has 3 heteroatoms. The molecule has 0 aliphatic carbocycles. The normalized spacial score (nSPS) is 10.6. The summed E-state index contributed by atoms with van der Waals surface area (Å²) in [6.07, 6.45) is 1.79. The molecule has 1 aromatic heterocycles. The second-order valence-electron chi connectivity index (χ2n) is 3.63. The number of hydrogen-bond donors (Lipinski definition) is 1. The Morgan fingerprint density at radius 1 is 1.33 bits per heavy atom. The standard InChI is InChI=1S/C12H14N2O/c1-7-6-9-4-5-14-8(2)10(9)11(13)12(7)15-3/h4-6H,13H2,1-3H3. The van der Waals surface area contributed by atoms with Crippen LogP contribution in [-0.4, -0.2) is 12.1 Å². The van der Waals surface area contributed by atoms with Crippen molar-refractivity contribution in [1.29, 1.82) is 0 Å². The lowest BCUT2D eigenvalue weighted by molar-refractivity contribution is 0.414. The Labute approximate surface area is 88.9 Å². The van der Waals surface area contributed by atoms with E-state index in [0.717, 1.165) is 27.8 Å². The molecule has 0 unspecified atom stereocenters. The van der Waals surface area contributed by atoms with E-state index >= 15 is 0 Å². The molecule has 0 radical (unpaired) electrons. The minimum absolute atomic E-state index is 0.679. The number of anilines is 1. The zero-order valence-corrected chi connectivity index (χ0v) is 9.16. The van der Waals surface area contributed by atoms with E-state index in [2.05, 4.69) is 11.1 Å². The van der Waals surface area contributed by atoms with E-state index in [-0.39, 0.29) is 0 Å². The van der Waals surface area contributed by atoms with Crippen LogP contribution in [0.2, 0.25) is 0 Å². The van der Waals surface area contributed by atoms with E-state index in [9.17, 15) is 0 Å². The van der Waals surface area contributed by atoms with Gasteiger partial charge in [0.15, 0.2) is 0 Å². The van der Waals surface area contributed by atoms with Crippen molar-refractivity contribution in [3.63, 3.8) is 0 Å². The molecule has 1 aromatic carbocycles. The number of nitrogen functional groups attached to an aromatic ring is 1. The van der Waals surface area contributed by atoms with E-state index in [1.54, 1.807) is 13.3 Å². The van der Waals surface area contributed by atoms with Crippen molar-refractivity contribution < 1.29 is 4.74 Å². The topological polar surface area (TPSA) is 48.1 Å². The third-order valence-corrected chi connectivity index (χ3v) is 2.62. The number of fused-ring (bicyclic) bond motifs is 1. The first-order chi connectivity index (χ1) is 7.15. The van der Waals surface area contributed by atoms with Crippen molar-refractivity contribution in [2.45, 2.75) is 13.8 Å². The van der Waals surface area contributed by atoms with Crippen molar-refractivity contribution in [2.75, 3.05) is 12.8 Å². The molecular formula is C12H14N2O. The Morgan fingerprint density at radius 3 is 2.73 bits per heavy atom. The van der Waals surface area contributed by atoms with Crippen molar-refractivity contribution in [3.05, 3.63) is 29.6 Å². The van der Waals surface area contributed by atoms with Crippen LogP contribution >= 0.6 is 0 Å². The third kappa shape index (κ3) is 1.40. The van der Waals surface area contributed by atoms with Crippen LogP contribution in [0.3, 0.4) is 0 Å². The van der Waals surface area contributed by atoms with Crippen LogP contribution < -0.4 is 10.5 Å². The van der Waals surface area contributed by atoms with Crippen LogP contribution in [0.4, 0.5) is 5.69 Å². The Kier molecular flexibility index (Phi) is 2.23. The Morgan fingerprint density at radius 2 is 2.07 bits per heavy atom. The Hall–Kier alpha value is -1.77. The second-order valence-corrected chi connectivity index (χ2v) is 3.63. The van der Waals surface area contributed by atoms with Crippen LogP contribution in [0.15, 0.2) is 18.3 Å². The van der Waals surface area contributed by atoms with Crippen molar-refractivity contribution in [3.8, 4) is 5.75 Å². The molecule has 0 amide bonds. The molecule has 0 fully saturated rings. The largest absolute Gasteiger partial charge is 0.494 e. The second kappa shape index (κ2) is 3.42. The lowest BCUT2D eigenvalue weighted by Crippen LogP contribution is -1.98. The van der Waals surface area contributed by atoms with E-state index < -0.39 is 0 Å². The van der Waals surface area contributed by atoms with Gasteiger partial charge in [0.25, 0.3) is 0 Å². The maximum absolute atomic E-state index is 6.07. The lowest BCUT2D eigenvalue weighted by atomic mass is 10.0. The molecule has 0 atom stereocenters. The highest BCUT2D eigenvalue weighted by atomic mass is 16.5. The lowest BCUT2D eigenvalue weighted by Gasteiger charge is -2.12. The van der Waals surface area contributed by atoms with E-state index in [1.165, 1.54) is 0 Å². The zero-order valence-electron chi connectivity index (χ0n) is 9.16. The first-order valence-electron chi connectivity index (χ1n) is 4.83. The molecule has 78 valence electrons. The number of hydrogen-bond acceptors (Lipinski definition) is 3. The molecule has 2 aromatic rings. The Bertz CT molecular complexity index is 521. The number of pyridine rings is 1. The van der Waals surface area contributed by atoms with Gasteiger partial charge in [0.05, 0.1) is 12.8 Å². The highest BCUT2D eigenvalue weighted by molar-refractivity contribution is 5.98. The van der Waals surface area contributed by atoms with Crippen molar-refractivity contribution in [1.82, 2.24) is 4.98 Å². The number of aromatic nitrogens is 1. The molecule has 2 N–H and O–H groups in total. The first-order valence-corrected chi connectivity index (χ1v) is 4.83. The smallest absolute Gasteiger partial charge is 0.145 e. The molecule has 3 nitrogen and oxygen atoms in total. The summed E-state index contributed by atoms with van der Waals surface area (Å²) in [5.41, 5.74) is 8.73. The predicted molar refractivity (Wildman–Crippen MR) is 62.2 cm³/mol. The average Bonchev–Trinajstić information content (AvgIpc) is 2.17. The molecule has 1 heterocycles. The van der Waals surface area contributed by atoms with Gasteiger partial charge < -0.3 is 10.5 Å². The highest BCUT2D eigenvalue weighted by Gasteiger charge is 2.10. The maximum atomic E-state index is 6.07. The summed E-state index contributed by atoms with van der Waals surface area (Å²) in [5.74, 6) is 0.749. The van der Waals surface area contributed by atoms with E-state index in [1.807, 2.05) is 19.9 Å². The minimum Gasteiger partial charge on any atom is -0.494 e. The number of benzene rings is 1. The van der Waals surface area contributed by atoms with Gasteiger partial charge in [-0.25, -0.2) is 0 Å². The molecule has 0 aliphatic heterocycles. The molecule has 15 heavy (non-hydrogen) atoms. The van der Waals surface area contributed by atoms with Gasteiger partial charge in [0.1, 0.15) is 5.75 Å². The molecule has 0 spiro atoms. The predicted octanol–water partition coefficient (Wildman–Crippen LogP) is 2.44. The van der Waals surface area contributed by atoms with E-state index in [4.69, 9.17) is 10.5 Å². The van der Waals surface area contributed by atoms with Gasteiger partial charge in [-0.2, -0.15) is 0 Å². The van der Waals surface area contributed by atoms with E-state index in [0.29, 0.717) is 5.69 Å².